The van der Waals surface area contributed by atoms with Gasteiger partial charge in [-0.25, -0.2) is 13.4 Å². The predicted octanol–water partition coefficient (Wildman–Crippen LogP) is 3.57. The van der Waals surface area contributed by atoms with Gasteiger partial charge in [0.2, 0.25) is 0 Å². The summed E-state index contributed by atoms with van der Waals surface area (Å²) in [5, 5.41) is 0. The molecule has 106 valence electrons. The molecule has 2 aromatic rings. The molecule has 2 rings (SSSR count). The molecule has 4 nitrogen and oxygen atoms in total. The summed E-state index contributed by atoms with van der Waals surface area (Å²) in [6, 6.07) is 7.02. The second-order valence-corrected chi connectivity index (χ2v) is 7.20. The summed E-state index contributed by atoms with van der Waals surface area (Å²) in [5.41, 5.74) is 2.52. The lowest BCUT2D eigenvalue weighted by Gasteiger charge is -2.11. The van der Waals surface area contributed by atoms with Gasteiger partial charge < -0.3 is 0 Å². The molecule has 0 radical (unpaired) electrons. The van der Waals surface area contributed by atoms with Gasteiger partial charge in [0.05, 0.1) is 4.90 Å². The predicted molar refractivity (Wildman–Crippen MR) is 83.4 cm³/mol. The number of anilines is 1. The van der Waals surface area contributed by atoms with E-state index in [0.717, 1.165) is 15.6 Å². The average Bonchev–Trinajstić information content (AvgIpc) is 2.36. The van der Waals surface area contributed by atoms with E-state index in [1.54, 1.807) is 31.3 Å². The first-order chi connectivity index (χ1) is 9.29. The largest absolute Gasteiger partial charge is 0.263 e. The van der Waals surface area contributed by atoms with Gasteiger partial charge in [-0.3, -0.25) is 4.72 Å². The number of halogens is 1. The molecule has 20 heavy (non-hydrogen) atoms. The van der Waals surface area contributed by atoms with E-state index in [0.29, 0.717) is 11.4 Å². The number of nitrogens with one attached hydrogen (secondary N) is 1. The van der Waals surface area contributed by atoms with Crippen LogP contribution >= 0.6 is 15.9 Å². The smallest absolute Gasteiger partial charge is 0.263 e. The summed E-state index contributed by atoms with van der Waals surface area (Å²) in [5.74, 6) is 0.312. The number of sulfonamides is 1. The van der Waals surface area contributed by atoms with Crippen molar-refractivity contribution in [3.05, 3.63) is 51.6 Å². The molecule has 0 spiro atoms. The highest BCUT2D eigenvalue weighted by Crippen LogP contribution is 2.22. The first kappa shape index (κ1) is 15.0. The third-order valence-electron chi connectivity index (χ3n) is 2.92. The molecule has 0 atom stereocenters. The lowest BCUT2D eigenvalue weighted by molar-refractivity contribution is 0.600. The fourth-order valence-corrected chi connectivity index (χ4v) is 3.33. The Balaban J connectivity index is 2.40. The van der Waals surface area contributed by atoms with Crippen molar-refractivity contribution >= 4 is 31.8 Å². The highest BCUT2D eigenvalue weighted by atomic mass is 79.9. The van der Waals surface area contributed by atoms with Crippen LogP contribution in [0.3, 0.4) is 0 Å². The Morgan fingerprint density at radius 2 is 1.80 bits per heavy atom. The van der Waals surface area contributed by atoms with E-state index in [9.17, 15) is 8.42 Å². The lowest BCUT2D eigenvalue weighted by Crippen LogP contribution is -2.15. The maximum Gasteiger partial charge on any atom is 0.263 e. The summed E-state index contributed by atoms with van der Waals surface area (Å²) >= 11 is 3.34. The minimum absolute atomic E-state index is 0.278. The number of aromatic nitrogens is 1. The number of benzene rings is 1. The molecule has 1 heterocycles. The van der Waals surface area contributed by atoms with Gasteiger partial charge in [-0.15, -0.1) is 0 Å². The van der Waals surface area contributed by atoms with Crippen molar-refractivity contribution in [3.63, 3.8) is 0 Å². The SMILES string of the molecule is Cc1ccc(C)c(S(=O)(=O)Nc2cc(C)c(Br)cn2)c1. The minimum atomic E-state index is -3.62. The Labute approximate surface area is 127 Å². The van der Waals surface area contributed by atoms with Crippen molar-refractivity contribution in [1.29, 1.82) is 0 Å². The average molecular weight is 355 g/mol. The van der Waals surface area contributed by atoms with E-state index in [-0.39, 0.29) is 4.90 Å². The Bertz CT molecular complexity index is 758. The fourth-order valence-electron chi connectivity index (χ4n) is 1.78. The van der Waals surface area contributed by atoms with Crippen LogP contribution in [-0.4, -0.2) is 13.4 Å². The zero-order valence-corrected chi connectivity index (χ0v) is 13.8. The zero-order valence-electron chi connectivity index (χ0n) is 11.4. The van der Waals surface area contributed by atoms with E-state index in [1.807, 2.05) is 19.9 Å². The number of nitrogens with zero attached hydrogens (tertiary/aromatic N) is 1. The van der Waals surface area contributed by atoms with Crippen LogP contribution < -0.4 is 4.72 Å². The Hall–Kier alpha value is -1.40. The van der Waals surface area contributed by atoms with Crippen LogP contribution in [0.5, 0.6) is 0 Å². The summed E-state index contributed by atoms with van der Waals surface area (Å²) in [6.45, 7) is 5.51. The standard InChI is InChI=1S/C14H15BrN2O2S/c1-9-4-5-10(2)13(6-9)20(18,19)17-14-7-11(3)12(15)8-16-14/h4-8H,1-3H3,(H,16,17). The van der Waals surface area contributed by atoms with Crippen molar-refractivity contribution in [2.45, 2.75) is 25.7 Å². The molecule has 0 aliphatic carbocycles. The van der Waals surface area contributed by atoms with Gasteiger partial charge in [0.25, 0.3) is 10.0 Å². The molecule has 0 bridgehead atoms. The third kappa shape index (κ3) is 3.19. The van der Waals surface area contributed by atoms with E-state index in [2.05, 4.69) is 25.6 Å². The maximum atomic E-state index is 12.4. The molecule has 0 fully saturated rings. The molecular weight excluding hydrogens is 340 g/mol. The maximum absolute atomic E-state index is 12.4. The quantitative estimate of drug-likeness (QED) is 0.916. The van der Waals surface area contributed by atoms with Gasteiger partial charge in [0.1, 0.15) is 5.82 Å². The van der Waals surface area contributed by atoms with Crippen molar-refractivity contribution < 1.29 is 8.42 Å². The van der Waals surface area contributed by atoms with E-state index in [4.69, 9.17) is 0 Å². The van der Waals surface area contributed by atoms with Crippen molar-refractivity contribution in [3.8, 4) is 0 Å². The molecule has 0 saturated carbocycles. The second-order valence-electron chi connectivity index (χ2n) is 4.69. The highest BCUT2D eigenvalue weighted by Gasteiger charge is 2.17. The first-order valence-electron chi connectivity index (χ1n) is 6.02. The van der Waals surface area contributed by atoms with Gasteiger partial charge in [0, 0.05) is 10.7 Å². The fraction of sp³-hybridized carbons (Fsp3) is 0.214. The molecule has 0 amide bonds. The van der Waals surface area contributed by atoms with Crippen LogP contribution in [0.2, 0.25) is 0 Å². The molecule has 0 unspecified atom stereocenters. The second kappa shape index (κ2) is 5.54. The highest BCUT2D eigenvalue weighted by molar-refractivity contribution is 9.10. The number of hydrogen-bond acceptors (Lipinski definition) is 3. The molecule has 1 N–H and O–H groups in total. The van der Waals surface area contributed by atoms with Crippen molar-refractivity contribution in [1.82, 2.24) is 4.98 Å². The Morgan fingerprint density at radius 3 is 2.45 bits per heavy atom. The first-order valence-corrected chi connectivity index (χ1v) is 8.29. The molecular formula is C14H15BrN2O2S. The molecule has 1 aromatic carbocycles. The van der Waals surface area contributed by atoms with Crippen molar-refractivity contribution in [2.75, 3.05) is 4.72 Å². The zero-order chi connectivity index (χ0) is 14.9. The number of rotatable bonds is 3. The molecule has 1 aromatic heterocycles. The minimum Gasteiger partial charge on any atom is -0.263 e. The summed E-state index contributed by atoms with van der Waals surface area (Å²) in [6.07, 6.45) is 1.58. The van der Waals surface area contributed by atoms with Gasteiger partial charge in [-0.1, -0.05) is 12.1 Å². The van der Waals surface area contributed by atoms with Crippen LogP contribution in [0.1, 0.15) is 16.7 Å². The van der Waals surface area contributed by atoms with Crippen molar-refractivity contribution in [2.24, 2.45) is 0 Å². The summed E-state index contributed by atoms with van der Waals surface area (Å²) in [4.78, 5) is 4.34. The van der Waals surface area contributed by atoms with Crippen LogP contribution in [0.25, 0.3) is 0 Å². The van der Waals surface area contributed by atoms with Crippen LogP contribution in [0.15, 0.2) is 39.8 Å². The van der Waals surface area contributed by atoms with Crippen LogP contribution in [-0.2, 0) is 10.0 Å². The van der Waals surface area contributed by atoms with Gasteiger partial charge in [-0.2, -0.15) is 0 Å². The molecule has 6 heteroatoms. The van der Waals surface area contributed by atoms with Gasteiger partial charge in [0.15, 0.2) is 0 Å². The van der Waals surface area contributed by atoms with E-state index < -0.39 is 10.0 Å². The van der Waals surface area contributed by atoms with E-state index >= 15 is 0 Å². The number of hydrogen-bond donors (Lipinski definition) is 1. The Morgan fingerprint density at radius 1 is 1.10 bits per heavy atom. The molecule has 0 aliphatic heterocycles. The van der Waals surface area contributed by atoms with Crippen LogP contribution in [0.4, 0.5) is 5.82 Å². The third-order valence-corrected chi connectivity index (χ3v) is 5.25. The summed E-state index contributed by atoms with van der Waals surface area (Å²) in [7, 11) is -3.62. The normalized spacial score (nSPS) is 11.4. The number of pyridine rings is 1. The lowest BCUT2D eigenvalue weighted by atomic mass is 10.2. The van der Waals surface area contributed by atoms with Crippen LogP contribution in [0, 0.1) is 20.8 Å². The van der Waals surface area contributed by atoms with Gasteiger partial charge in [-0.05, 0) is 65.5 Å². The Kier molecular flexibility index (Phi) is 4.15. The van der Waals surface area contributed by atoms with Gasteiger partial charge >= 0.3 is 0 Å². The monoisotopic (exact) mass is 354 g/mol. The van der Waals surface area contributed by atoms with E-state index in [1.165, 1.54) is 0 Å². The molecule has 0 aliphatic rings. The summed E-state index contributed by atoms with van der Waals surface area (Å²) < 4.78 is 28.2. The number of aryl methyl sites for hydroxylation is 3. The molecule has 0 saturated heterocycles. The topological polar surface area (TPSA) is 59.1 Å².